The lowest BCUT2D eigenvalue weighted by atomic mass is 9.47. The topological polar surface area (TPSA) is 57.5 Å². The molecule has 1 saturated carbocycles. The van der Waals surface area contributed by atoms with Gasteiger partial charge in [-0.25, -0.2) is 0 Å². The third-order valence-electron chi connectivity index (χ3n) is 7.01. The summed E-state index contributed by atoms with van der Waals surface area (Å²) in [4.78, 5) is 12.4. The minimum absolute atomic E-state index is 0.110. The highest BCUT2D eigenvalue weighted by Crippen LogP contribution is 2.61. The Bertz CT molecular complexity index is 627. The van der Waals surface area contributed by atoms with Crippen molar-refractivity contribution in [1.29, 1.82) is 0 Å². The molecule has 3 rings (SSSR count). The van der Waals surface area contributed by atoms with Crippen LogP contribution in [0.4, 0.5) is 0 Å². The van der Waals surface area contributed by atoms with Crippen molar-refractivity contribution in [2.45, 2.75) is 53.1 Å². The number of hydrogen-bond donors (Lipinski definition) is 2. The molecule has 2 N–H and O–H groups in total. The van der Waals surface area contributed by atoms with Crippen LogP contribution >= 0.6 is 0 Å². The van der Waals surface area contributed by atoms with Gasteiger partial charge in [0.1, 0.15) is 0 Å². The first kappa shape index (κ1) is 16.5. The summed E-state index contributed by atoms with van der Waals surface area (Å²) in [5.41, 5.74) is -0.113. The molecule has 0 aromatic rings. The van der Waals surface area contributed by atoms with Gasteiger partial charge in [0, 0.05) is 16.2 Å². The van der Waals surface area contributed by atoms with E-state index < -0.39 is 11.5 Å². The summed E-state index contributed by atoms with van der Waals surface area (Å²) in [5.74, 6) is 0.0388. The van der Waals surface area contributed by atoms with Crippen LogP contribution < -0.4 is 0 Å². The normalized spacial score (nSPS) is 45.4. The summed E-state index contributed by atoms with van der Waals surface area (Å²) in [6.45, 7) is 12.0. The van der Waals surface area contributed by atoms with Crippen LogP contribution in [0.15, 0.2) is 36.1 Å². The first-order valence-corrected chi connectivity index (χ1v) is 8.56. The maximum Gasteiger partial charge on any atom is 0.202 e. The minimum atomic E-state index is -0.584. The third-order valence-corrected chi connectivity index (χ3v) is 7.01. The van der Waals surface area contributed by atoms with E-state index in [1.165, 1.54) is 0 Å². The number of carbonyl (C=O) groups is 1. The molecule has 0 saturated heterocycles. The molecule has 0 aromatic heterocycles. The van der Waals surface area contributed by atoms with E-state index in [4.69, 9.17) is 0 Å². The predicted octanol–water partition coefficient (Wildman–Crippen LogP) is 3.95. The largest absolute Gasteiger partial charge is 0.505 e. The Balaban J connectivity index is 2.10. The van der Waals surface area contributed by atoms with Gasteiger partial charge in [0.05, 0.1) is 6.10 Å². The molecular formula is C20H28O3. The van der Waals surface area contributed by atoms with Crippen molar-refractivity contribution in [2.75, 3.05) is 0 Å². The molecule has 1 fully saturated rings. The lowest BCUT2D eigenvalue weighted by Gasteiger charge is -2.57. The van der Waals surface area contributed by atoms with E-state index in [1.807, 2.05) is 19.9 Å². The number of carbonyl (C=O) groups excluding carboxylic acids is 1. The van der Waals surface area contributed by atoms with E-state index in [0.717, 1.165) is 24.8 Å². The number of fused-ring (bicyclic) bond motifs is 3. The van der Waals surface area contributed by atoms with Gasteiger partial charge in [0.25, 0.3) is 0 Å². The summed E-state index contributed by atoms with van der Waals surface area (Å²) in [6.07, 6.45) is 7.81. The van der Waals surface area contributed by atoms with Crippen LogP contribution in [-0.2, 0) is 4.79 Å². The van der Waals surface area contributed by atoms with Crippen molar-refractivity contribution in [1.82, 2.24) is 0 Å². The number of aliphatic hydroxyl groups excluding tert-OH is 2. The van der Waals surface area contributed by atoms with Gasteiger partial charge in [-0.15, -0.1) is 6.58 Å². The Morgan fingerprint density at radius 3 is 2.57 bits per heavy atom. The van der Waals surface area contributed by atoms with Gasteiger partial charge >= 0.3 is 0 Å². The van der Waals surface area contributed by atoms with E-state index in [0.29, 0.717) is 0 Å². The van der Waals surface area contributed by atoms with Gasteiger partial charge in [-0.2, -0.15) is 0 Å². The van der Waals surface area contributed by atoms with Crippen LogP contribution in [0.1, 0.15) is 47.0 Å². The lowest BCUT2D eigenvalue weighted by molar-refractivity contribution is -0.135. The molecule has 0 amide bonds. The Morgan fingerprint density at radius 2 is 1.96 bits per heavy atom. The second-order valence-electron chi connectivity index (χ2n) is 8.64. The molecule has 3 aliphatic carbocycles. The predicted molar refractivity (Wildman–Crippen MR) is 90.8 cm³/mol. The lowest BCUT2D eigenvalue weighted by Crippen LogP contribution is -2.55. The standard InChI is InChI=1S/C20H28O3/c1-6-19(4)10-9-13-12(16(19)22)7-8-15-18(2,3)17(23)14(21)11-20(13,15)5/h6-7,11,13,15-16,21-22H,1,8-10H2,2-5H3/t13-,15-,16+,19-,20+/m0/s1. The number of Topliss-reactive ketones (excluding diaryl/α,β-unsaturated/α-hetero) is 1. The fourth-order valence-electron chi connectivity index (χ4n) is 5.34. The highest BCUT2D eigenvalue weighted by molar-refractivity contribution is 5.98. The summed E-state index contributed by atoms with van der Waals surface area (Å²) in [5, 5.41) is 21.1. The quantitative estimate of drug-likeness (QED) is 0.720. The van der Waals surface area contributed by atoms with Gasteiger partial charge in [0.2, 0.25) is 5.78 Å². The fraction of sp³-hybridized carbons (Fsp3) is 0.650. The minimum Gasteiger partial charge on any atom is -0.505 e. The fourth-order valence-corrected chi connectivity index (χ4v) is 5.34. The summed E-state index contributed by atoms with van der Waals surface area (Å²) < 4.78 is 0. The van der Waals surface area contributed by atoms with Crippen LogP contribution in [-0.4, -0.2) is 22.1 Å². The Hall–Kier alpha value is -1.35. The van der Waals surface area contributed by atoms with Crippen LogP contribution in [0, 0.1) is 28.1 Å². The molecule has 0 aromatic carbocycles. The van der Waals surface area contributed by atoms with Crippen LogP contribution in [0.3, 0.4) is 0 Å². The SMILES string of the molecule is C=C[C@@]1(C)CC[C@H]2C(=CC[C@H]3C(C)(C)C(=O)C(O)=C[C@]23C)[C@H]1O. The van der Waals surface area contributed by atoms with Gasteiger partial charge in [-0.3, -0.25) is 4.79 Å². The smallest absolute Gasteiger partial charge is 0.202 e. The highest BCUT2D eigenvalue weighted by Gasteiger charge is 2.58. The zero-order valence-corrected chi connectivity index (χ0v) is 14.6. The average molecular weight is 316 g/mol. The molecule has 23 heavy (non-hydrogen) atoms. The molecule has 5 atom stereocenters. The van der Waals surface area contributed by atoms with Crippen molar-refractivity contribution in [3.8, 4) is 0 Å². The van der Waals surface area contributed by atoms with E-state index in [1.54, 1.807) is 6.08 Å². The van der Waals surface area contributed by atoms with Crippen LogP contribution in [0.25, 0.3) is 0 Å². The maximum atomic E-state index is 12.4. The number of aliphatic hydroxyl groups is 2. The van der Waals surface area contributed by atoms with Crippen LogP contribution in [0.2, 0.25) is 0 Å². The Kier molecular flexibility index (Phi) is 3.46. The average Bonchev–Trinajstić information content (AvgIpc) is 2.49. The molecule has 3 nitrogen and oxygen atoms in total. The molecular weight excluding hydrogens is 288 g/mol. The summed E-state index contributed by atoms with van der Waals surface area (Å²) in [7, 11) is 0. The second kappa shape index (κ2) is 4.83. The monoisotopic (exact) mass is 316 g/mol. The summed E-state index contributed by atoms with van der Waals surface area (Å²) >= 11 is 0. The van der Waals surface area contributed by atoms with Crippen molar-refractivity contribution in [2.24, 2.45) is 28.1 Å². The van der Waals surface area contributed by atoms with Gasteiger partial charge in [-0.05, 0) is 42.7 Å². The first-order valence-electron chi connectivity index (χ1n) is 8.56. The molecule has 126 valence electrons. The van der Waals surface area contributed by atoms with Crippen molar-refractivity contribution in [3.63, 3.8) is 0 Å². The van der Waals surface area contributed by atoms with Crippen molar-refractivity contribution in [3.05, 3.63) is 36.1 Å². The third kappa shape index (κ3) is 2.02. The molecule has 3 heteroatoms. The van der Waals surface area contributed by atoms with E-state index in [2.05, 4.69) is 26.5 Å². The van der Waals surface area contributed by atoms with Gasteiger partial charge < -0.3 is 10.2 Å². The molecule has 0 unspecified atom stereocenters. The van der Waals surface area contributed by atoms with E-state index >= 15 is 0 Å². The second-order valence-corrected chi connectivity index (χ2v) is 8.64. The molecule has 0 aliphatic heterocycles. The van der Waals surface area contributed by atoms with Gasteiger partial charge in [-0.1, -0.05) is 39.8 Å². The Labute approximate surface area is 138 Å². The zero-order chi connectivity index (χ0) is 17.2. The maximum absolute atomic E-state index is 12.4. The van der Waals surface area contributed by atoms with Crippen LogP contribution in [0.5, 0.6) is 0 Å². The summed E-state index contributed by atoms with van der Waals surface area (Å²) in [6, 6.07) is 0. The van der Waals surface area contributed by atoms with Crippen molar-refractivity contribution >= 4 is 5.78 Å². The molecule has 0 radical (unpaired) electrons. The van der Waals surface area contributed by atoms with Gasteiger partial charge in [0.15, 0.2) is 5.76 Å². The number of rotatable bonds is 1. The molecule has 0 spiro atoms. The molecule has 0 heterocycles. The molecule has 3 aliphatic rings. The zero-order valence-electron chi connectivity index (χ0n) is 14.6. The van der Waals surface area contributed by atoms with E-state index in [9.17, 15) is 15.0 Å². The molecule has 0 bridgehead atoms. The van der Waals surface area contributed by atoms with E-state index in [-0.39, 0.29) is 34.2 Å². The number of allylic oxidation sites excluding steroid dienone is 3. The Morgan fingerprint density at radius 1 is 1.30 bits per heavy atom. The number of hydrogen-bond acceptors (Lipinski definition) is 3. The number of ketones is 1. The first-order chi connectivity index (χ1) is 10.6. The highest BCUT2D eigenvalue weighted by atomic mass is 16.3. The van der Waals surface area contributed by atoms with Crippen molar-refractivity contribution < 1.29 is 15.0 Å².